The number of benzene rings is 1. The van der Waals surface area contributed by atoms with E-state index in [0.717, 1.165) is 6.07 Å². The number of esters is 1. The Labute approximate surface area is 91.7 Å². The molecule has 0 spiro atoms. The van der Waals surface area contributed by atoms with Gasteiger partial charge in [-0.2, -0.15) is 0 Å². The lowest BCUT2D eigenvalue weighted by molar-refractivity contribution is -0.143. The molecule has 88 valence electrons. The minimum atomic E-state index is -0.859. The summed E-state index contributed by atoms with van der Waals surface area (Å²) in [5, 5.41) is 9.28. The Kier molecular flexibility index (Phi) is 4.22. The van der Waals surface area contributed by atoms with E-state index in [2.05, 4.69) is 4.74 Å². The third kappa shape index (κ3) is 3.18. The summed E-state index contributed by atoms with van der Waals surface area (Å²) in [6, 6.07) is 1.48. The maximum Gasteiger partial charge on any atom is 0.306 e. The number of phenolic OH excluding ortho intramolecular Hbond substituents is 1. The molecule has 16 heavy (non-hydrogen) atoms. The average molecular weight is 230 g/mol. The monoisotopic (exact) mass is 230 g/mol. The molecule has 3 nitrogen and oxygen atoms in total. The maximum atomic E-state index is 13.2. The number of hydrogen-bond donors (Lipinski definition) is 1. The molecule has 0 aliphatic heterocycles. The van der Waals surface area contributed by atoms with Crippen molar-refractivity contribution in [3.05, 3.63) is 29.3 Å². The van der Waals surface area contributed by atoms with Crippen LogP contribution in [0.25, 0.3) is 0 Å². The van der Waals surface area contributed by atoms with Crippen LogP contribution in [0, 0.1) is 11.6 Å². The molecule has 1 N–H and O–H groups in total. The van der Waals surface area contributed by atoms with Crippen LogP contribution < -0.4 is 0 Å². The third-order valence-corrected chi connectivity index (χ3v) is 2.02. The largest absolute Gasteiger partial charge is 0.507 e. The highest BCUT2D eigenvalue weighted by Crippen LogP contribution is 2.23. The van der Waals surface area contributed by atoms with Crippen molar-refractivity contribution in [3.63, 3.8) is 0 Å². The molecule has 1 aromatic carbocycles. The summed E-state index contributed by atoms with van der Waals surface area (Å²) in [4.78, 5) is 11.0. The smallest absolute Gasteiger partial charge is 0.306 e. The van der Waals surface area contributed by atoms with Crippen LogP contribution >= 0.6 is 0 Å². The molecular formula is C11H12F2O3. The summed E-state index contributed by atoms with van der Waals surface area (Å²) in [7, 11) is 0. The van der Waals surface area contributed by atoms with E-state index in [9.17, 15) is 18.7 Å². The van der Waals surface area contributed by atoms with Gasteiger partial charge in [0.25, 0.3) is 0 Å². The Morgan fingerprint density at radius 3 is 2.69 bits per heavy atom. The quantitative estimate of drug-likeness (QED) is 0.806. The summed E-state index contributed by atoms with van der Waals surface area (Å²) >= 11 is 0. The summed E-state index contributed by atoms with van der Waals surface area (Å²) in [6.45, 7) is 1.91. The van der Waals surface area contributed by atoms with Crippen molar-refractivity contribution in [1.29, 1.82) is 0 Å². The number of carbonyl (C=O) groups is 1. The van der Waals surface area contributed by atoms with Gasteiger partial charge in [0.15, 0.2) is 0 Å². The Balaban J connectivity index is 2.70. The van der Waals surface area contributed by atoms with E-state index in [-0.39, 0.29) is 25.0 Å². The van der Waals surface area contributed by atoms with Gasteiger partial charge < -0.3 is 9.84 Å². The number of hydrogen-bond acceptors (Lipinski definition) is 3. The molecule has 0 saturated heterocycles. The zero-order valence-electron chi connectivity index (χ0n) is 8.80. The fraction of sp³-hybridized carbons (Fsp3) is 0.364. The lowest BCUT2D eigenvalue weighted by Gasteiger charge is -2.06. The van der Waals surface area contributed by atoms with Crippen LogP contribution in [0.15, 0.2) is 12.1 Å². The van der Waals surface area contributed by atoms with Crippen molar-refractivity contribution in [2.45, 2.75) is 19.8 Å². The van der Waals surface area contributed by atoms with Crippen molar-refractivity contribution in [3.8, 4) is 5.75 Å². The van der Waals surface area contributed by atoms with Crippen LogP contribution in [-0.2, 0) is 16.0 Å². The van der Waals surface area contributed by atoms with Crippen molar-refractivity contribution in [1.82, 2.24) is 0 Å². The molecule has 0 unspecified atom stereocenters. The first-order valence-electron chi connectivity index (χ1n) is 4.87. The van der Waals surface area contributed by atoms with Crippen molar-refractivity contribution >= 4 is 5.97 Å². The van der Waals surface area contributed by atoms with E-state index in [0.29, 0.717) is 6.07 Å². The fourth-order valence-electron chi connectivity index (χ4n) is 1.30. The minimum Gasteiger partial charge on any atom is -0.507 e. The minimum absolute atomic E-state index is 0.0171. The molecule has 0 aliphatic carbocycles. The first-order valence-corrected chi connectivity index (χ1v) is 4.87. The highest BCUT2D eigenvalue weighted by Gasteiger charge is 2.12. The molecule has 0 aliphatic rings. The lowest BCUT2D eigenvalue weighted by Crippen LogP contribution is -2.06. The number of carbonyl (C=O) groups excluding carboxylic acids is 1. The highest BCUT2D eigenvalue weighted by atomic mass is 19.1. The van der Waals surface area contributed by atoms with E-state index >= 15 is 0 Å². The Bertz CT molecular complexity index is 368. The molecule has 0 atom stereocenters. The lowest BCUT2D eigenvalue weighted by atomic mass is 10.1. The van der Waals surface area contributed by atoms with Crippen LogP contribution in [0.1, 0.15) is 18.9 Å². The van der Waals surface area contributed by atoms with Crippen LogP contribution in [0.5, 0.6) is 5.75 Å². The molecule has 0 heterocycles. The molecular weight excluding hydrogens is 218 g/mol. The number of aromatic hydroxyl groups is 1. The van der Waals surface area contributed by atoms with Gasteiger partial charge in [-0.15, -0.1) is 0 Å². The average Bonchev–Trinajstić information content (AvgIpc) is 2.16. The van der Waals surface area contributed by atoms with E-state index in [1.54, 1.807) is 6.92 Å². The molecule has 0 saturated carbocycles. The van der Waals surface area contributed by atoms with Gasteiger partial charge in [0, 0.05) is 24.1 Å². The van der Waals surface area contributed by atoms with Crippen molar-refractivity contribution in [2.75, 3.05) is 6.61 Å². The SMILES string of the molecule is CCOC(=O)CCc1c(O)cc(F)cc1F. The number of ether oxygens (including phenoxy) is 1. The van der Waals surface area contributed by atoms with Gasteiger partial charge in [0.2, 0.25) is 0 Å². The predicted octanol–water partition coefficient (Wildman–Crippen LogP) is 2.17. The zero-order valence-corrected chi connectivity index (χ0v) is 8.80. The van der Waals surface area contributed by atoms with Crippen molar-refractivity contribution in [2.24, 2.45) is 0 Å². The van der Waals surface area contributed by atoms with Crippen LogP contribution in [0.3, 0.4) is 0 Å². The van der Waals surface area contributed by atoms with E-state index in [1.165, 1.54) is 0 Å². The first kappa shape index (κ1) is 12.4. The summed E-state index contributed by atoms with van der Waals surface area (Å²) < 4.78 is 30.5. The molecule has 0 aromatic heterocycles. The Hall–Kier alpha value is -1.65. The molecule has 1 rings (SSSR count). The van der Waals surface area contributed by atoms with E-state index in [1.807, 2.05) is 0 Å². The third-order valence-electron chi connectivity index (χ3n) is 2.02. The topological polar surface area (TPSA) is 46.5 Å². The number of halogens is 2. The summed E-state index contributed by atoms with van der Waals surface area (Å²) in [6.07, 6.45) is -0.0687. The van der Waals surface area contributed by atoms with E-state index in [4.69, 9.17) is 0 Å². The van der Waals surface area contributed by atoms with E-state index < -0.39 is 23.4 Å². The highest BCUT2D eigenvalue weighted by molar-refractivity contribution is 5.69. The van der Waals surface area contributed by atoms with Gasteiger partial charge in [-0.3, -0.25) is 4.79 Å². The predicted molar refractivity (Wildman–Crippen MR) is 53.0 cm³/mol. The standard InChI is InChI=1S/C11H12F2O3/c1-2-16-11(15)4-3-8-9(13)5-7(12)6-10(8)14/h5-6,14H,2-4H2,1H3. The fourth-order valence-corrected chi connectivity index (χ4v) is 1.30. The van der Waals surface area contributed by atoms with Crippen LogP contribution in [0.2, 0.25) is 0 Å². The number of rotatable bonds is 4. The molecule has 0 amide bonds. The zero-order chi connectivity index (χ0) is 12.1. The molecule has 1 aromatic rings. The Morgan fingerprint density at radius 2 is 2.12 bits per heavy atom. The van der Waals surface area contributed by atoms with Gasteiger partial charge in [-0.1, -0.05) is 0 Å². The van der Waals surface area contributed by atoms with Gasteiger partial charge in [-0.05, 0) is 13.3 Å². The second kappa shape index (κ2) is 5.44. The summed E-state index contributed by atoms with van der Waals surface area (Å²) in [5.74, 6) is -2.68. The second-order valence-electron chi connectivity index (χ2n) is 3.19. The van der Waals surface area contributed by atoms with Crippen LogP contribution in [0.4, 0.5) is 8.78 Å². The first-order chi connectivity index (χ1) is 7.54. The van der Waals surface area contributed by atoms with Gasteiger partial charge >= 0.3 is 5.97 Å². The molecule has 0 bridgehead atoms. The maximum absolute atomic E-state index is 13.2. The second-order valence-corrected chi connectivity index (χ2v) is 3.19. The molecule has 5 heteroatoms. The number of phenols is 1. The van der Waals surface area contributed by atoms with Gasteiger partial charge in [0.05, 0.1) is 6.61 Å². The normalized spacial score (nSPS) is 10.2. The molecule has 0 fully saturated rings. The molecule has 0 radical (unpaired) electrons. The van der Waals surface area contributed by atoms with Crippen molar-refractivity contribution < 1.29 is 23.4 Å². The Morgan fingerprint density at radius 1 is 1.44 bits per heavy atom. The van der Waals surface area contributed by atoms with Gasteiger partial charge in [0.1, 0.15) is 17.4 Å². The summed E-state index contributed by atoms with van der Waals surface area (Å²) in [5.41, 5.74) is -0.0746. The van der Waals surface area contributed by atoms with Gasteiger partial charge in [-0.25, -0.2) is 8.78 Å². The van der Waals surface area contributed by atoms with Crippen LogP contribution in [-0.4, -0.2) is 17.7 Å².